The second-order valence-corrected chi connectivity index (χ2v) is 5.00. The highest BCUT2D eigenvalue weighted by molar-refractivity contribution is 5.78. The second-order valence-electron chi connectivity index (χ2n) is 5.00. The van der Waals surface area contributed by atoms with Crippen molar-refractivity contribution in [1.29, 1.82) is 0 Å². The molecule has 0 aromatic carbocycles. The summed E-state index contributed by atoms with van der Waals surface area (Å²) in [5.41, 5.74) is 0. The van der Waals surface area contributed by atoms with Gasteiger partial charge in [-0.25, -0.2) is 0 Å². The van der Waals surface area contributed by atoms with Crippen molar-refractivity contribution in [3.05, 3.63) is 0 Å². The van der Waals surface area contributed by atoms with Crippen LogP contribution in [0.4, 0.5) is 0 Å². The summed E-state index contributed by atoms with van der Waals surface area (Å²) in [5, 5.41) is 5.98. The number of amides is 1. The molecule has 2 rings (SSSR count). The minimum atomic E-state index is 0.154. The zero-order valence-electron chi connectivity index (χ0n) is 9.59. The summed E-state index contributed by atoms with van der Waals surface area (Å²) < 4.78 is 0. The Morgan fingerprint density at radius 3 is 2.67 bits per heavy atom. The molecule has 2 atom stereocenters. The standard InChI is InChI=1S/C12H22N2O/c1-13-8-12(15)14-11-7-10(11)9-5-3-2-4-6-9/h9-11,13H,2-8H2,1H3,(H,14,15). The maximum absolute atomic E-state index is 11.3. The summed E-state index contributed by atoms with van der Waals surface area (Å²) in [6.45, 7) is 0.452. The summed E-state index contributed by atoms with van der Waals surface area (Å²) in [5.74, 6) is 1.85. The number of carbonyl (C=O) groups excluding carboxylic acids is 1. The fourth-order valence-corrected chi connectivity index (χ4v) is 2.88. The first-order chi connectivity index (χ1) is 7.31. The Labute approximate surface area is 92.0 Å². The SMILES string of the molecule is CNCC(=O)NC1CC1C1CCCCC1. The van der Waals surface area contributed by atoms with Crippen LogP contribution >= 0.6 is 0 Å². The van der Waals surface area contributed by atoms with E-state index in [1.54, 1.807) is 0 Å². The van der Waals surface area contributed by atoms with Crippen LogP contribution in [-0.2, 0) is 4.79 Å². The van der Waals surface area contributed by atoms with Gasteiger partial charge in [0.25, 0.3) is 0 Å². The molecular formula is C12H22N2O. The Balaban J connectivity index is 1.68. The normalized spacial score (nSPS) is 31.3. The zero-order valence-corrected chi connectivity index (χ0v) is 9.59. The van der Waals surface area contributed by atoms with Gasteiger partial charge in [-0.05, 0) is 25.3 Å². The Kier molecular flexibility index (Phi) is 3.62. The molecule has 2 N–H and O–H groups in total. The lowest BCUT2D eigenvalue weighted by atomic mass is 9.85. The molecule has 2 saturated carbocycles. The van der Waals surface area contributed by atoms with E-state index < -0.39 is 0 Å². The van der Waals surface area contributed by atoms with Crippen molar-refractivity contribution >= 4 is 5.91 Å². The van der Waals surface area contributed by atoms with E-state index in [1.165, 1.54) is 38.5 Å². The van der Waals surface area contributed by atoms with Gasteiger partial charge in [-0.2, -0.15) is 0 Å². The predicted octanol–water partition coefficient (Wildman–Crippen LogP) is 1.29. The Hall–Kier alpha value is -0.570. The summed E-state index contributed by atoms with van der Waals surface area (Å²) >= 11 is 0. The summed E-state index contributed by atoms with van der Waals surface area (Å²) in [7, 11) is 1.81. The Bertz CT molecular complexity index is 224. The average molecular weight is 210 g/mol. The quantitative estimate of drug-likeness (QED) is 0.734. The number of rotatable bonds is 4. The second kappa shape index (κ2) is 4.97. The first-order valence-corrected chi connectivity index (χ1v) is 6.25. The topological polar surface area (TPSA) is 41.1 Å². The third-order valence-electron chi connectivity index (χ3n) is 3.78. The Morgan fingerprint density at radius 1 is 1.27 bits per heavy atom. The van der Waals surface area contributed by atoms with Gasteiger partial charge in [0, 0.05) is 6.04 Å². The van der Waals surface area contributed by atoms with Crippen molar-refractivity contribution < 1.29 is 4.79 Å². The molecule has 2 aliphatic carbocycles. The molecule has 0 radical (unpaired) electrons. The molecule has 1 amide bonds. The van der Waals surface area contributed by atoms with Crippen LogP contribution in [0.5, 0.6) is 0 Å². The highest BCUT2D eigenvalue weighted by Gasteiger charge is 2.43. The highest BCUT2D eigenvalue weighted by atomic mass is 16.2. The van der Waals surface area contributed by atoms with Crippen LogP contribution in [0.1, 0.15) is 38.5 Å². The molecule has 0 heterocycles. The van der Waals surface area contributed by atoms with Crippen LogP contribution < -0.4 is 10.6 Å². The van der Waals surface area contributed by atoms with Gasteiger partial charge in [0.05, 0.1) is 6.54 Å². The molecule has 2 fully saturated rings. The largest absolute Gasteiger partial charge is 0.352 e. The van der Waals surface area contributed by atoms with E-state index in [4.69, 9.17) is 0 Å². The van der Waals surface area contributed by atoms with Gasteiger partial charge in [-0.1, -0.05) is 32.1 Å². The first-order valence-electron chi connectivity index (χ1n) is 6.25. The molecule has 0 aromatic rings. The number of nitrogens with one attached hydrogen (secondary N) is 2. The van der Waals surface area contributed by atoms with E-state index in [-0.39, 0.29) is 5.91 Å². The molecule has 0 aliphatic heterocycles. The highest BCUT2D eigenvalue weighted by Crippen LogP contribution is 2.44. The molecule has 86 valence electrons. The summed E-state index contributed by atoms with van der Waals surface area (Å²) in [4.78, 5) is 11.3. The van der Waals surface area contributed by atoms with Gasteiger partial charge >= 0.3 is 0 Å². The molecule has 0 aromatic heterocycles. The monoisotopic (exact) mass is 210 g/mol. The van der Waals surface area contributed by atoms with E-state index in [0.29, 0.717) is 12.6 Å². The molecule has 0 bridgehead atoms. The predicted molar refractivity (Wildman–Crippen MR) is 60.5 cm³/mol. The van der Waals surface area contributed by atoms with Crippen molar-refractivity contribution in [2.75, 3.05) is 13.6 Å². The van der Waals surface area contributed by atoms with Crippen molar-refractivity contribution in [1.82, 2.24) is 10.6 Å². The molecule has 0 spiro atoms. The first kappa shape index (κ1) is 10.9. The van der Waals surface area contributed by atoms with Gasteiger partial charge in [0.15, 0.2) is 0 Å². The minimum absolute atomic E-state index is 0.154. The van der Waals surface area contributed by atoms with Crippen LogP contribution in [0.15, 0.2) is 0 Å². The number of hydrogen-bond acceptors (Lipinski definition) is 2. The zero-order chi connectivity index (χ0) is 10.7. The Morgan fingerprint density at radius 2 is 2.00 bits per heavy atom. The van der Waals surface area contributed by atoms with Gasteiger partial charge < -0.3 is 10.6 Å². The summed E-state index contributed by atoms with van der Waals surface area (Å²) in [6, 6.07) is 0.494. The van der Waals surface area contributed by atoms with Gasteiger partial charge in [-0.3, -0.25) is 4.79 Å². The van der Waals surface area contributed by atoms with Gasteiger partial charge in [0.1, 0.15) is 0 Å². The van der Waals surface area contributed by atoms with E-state index >= 15 is 0 Å². The van der Waals surface area contributed by atoms with Crippen molar-refractivity contribution in [3.63, 3.8) is 0 Å². The lowest BCUT2D eigenvalue weighted by Crippen LogP contribution is -2.35. The minimum Gasteiger partial charge on any atom is -0.352 e. The molecule has 15 heavy (non-hydrogen) atoms. The molecule has 0 saturated heterocycles. The van der Waals surface area contributed by atoms with Crippen molar-refractivity contribution in [2.24, 2.45) is 11.8 Å². The lowest BCUT2D eigenvalue weighted by molar-refractivity contribution is -0.120. The van der Waals surface area contributed by atoms with Crippen molar-refractivity contribution in [3.8, 4) is 0 Å². The average Bonchev–Trinajstić information content (AvgIpc) is 2.99. The van der Waals surface area contributed by atoms with Crippen molar-refractivity contribution in [2.45, 2.75) is 44.6 Å². The third kappa shape index (κ3) is 2.94. The van der Waals surface area contributed by atoms with Gasteiger partial charge in [0.2, 0.25) is 5.91 Å². The number of hydrogen-bond donors (Lipinski definition) is 2. The fourth-order valence-electron chi connectivity index (χ4n) is 2.88. The van der Waals surface area contributed by atoms with Crippen LogP contribution in [0.3, 0.4) is 0 Å². The molecular weight excluding hydrogens is 188 g/mol. The van der Waals surface area contributed by atoms with E-state index in [0.717, 1.165) is 11.8 Å². The number of carbonyl (C=O) groups is 1. The van der Waals surface area contributed by atoms with Crippen LogP contribution in [-0.4, -0.2) is 25.5 Å². The molecule has 3 nitrogen and oxygen atoms in total. The maximum Gasteiger partial charge on any atom is 0.234 e. The molecule has 2 unspecified atom stereocenters. The molecule has 2 aliphatic rings. The number of likely N-dealkylation sites (N-methyl/N-ethyl adjacent to an activating group) is 1. The molecule has 3 heteroatoms. The lowest BCUT2D eigenvalue weighted by Gasteiger charge is -2.21. The summed E-state index contributed by atoms with van der Waals surface area (Å²) in [6.07, 6.45) is 8.23. The van der Waals surface area contributed by atoms with Crippen LogP contribution in [0.25, 0.3) is 0 Å². The van der Waals surface area contributed by atoms with E-state index in [1.807, 2.05) is 7.05 Å². The van der Waals surface area contributed by atoms with E-state index in [9.17, 15) is 4.79 Å². The fraction of sp³-hybridized carbons (Fsp3) is 0.917. The van der Waals surface area contributed by atoms with Crippen LogP contribution in [0.2, 0.25) is 0 Å². The third-order valence-corrected chi connectivity index (χ3v) is 3.78. The van der Waals surface area contributed by atoms with Gasteiger partial charge in [-0.15, -0.1) is 0 Å². The maximum atomic E-state index is 11.3. The smallest absolute Gasteiger partial charge is 0.234 e. The van der Waals surface area contributed by atoms with E-state index in [2.05, 4.69) is 10.6 Å². The van der Waals surface area contributed by atoms with Crippen LogP contribution in [0, 0.1) is 11.8 Å².